The van der Waals surface area contributed by atoms with Crippen LogP contribution in [-0.4, -0.2) is 29.5 Å². The Hall–Kier alpha value is -2.30. The van der Waals surface area contributed by atoms with Crippen molar-refractivity contribution < 1.29 is 14.3 Å². The molecule has 2 N–H and O–H groups in total. The van der Waals surface area contributed by atoms with E-state index in [1.54, 1.807) is 6.92 Å². The molecule has 0 spiro atoms. The highest BCUT2D eigenvalue weighted by atomic mass is 16.5. The predicted octanol–water partition coefficient (Wildman–Crippen LogP) is 3.18. The van der Waals surface area contributed by atoms with E-state index in [-0.39, 0.29) is 17.8 Å². The second-order valence-corrected chi connectivity index (χ2v) is 6.13. The van der Waals surface area contributed by atoms with Crippen molar-refractivity contribution in [2.45, 2.75) is 40.2 Å². The van der Waals surface area contributed by atoms with Crippen molar-refractivity contribution in [2.75, 3.05) is 6.61 Å². The van der Waals surface area contributed by atoms with E-state index in [1.807, 2.05) is 45.0 Å². The first kappa shape index (κ1) is 17.1. The van der Waals surface area contributed by atoms with Gasteiger partial charge in [0.25, 0.3) is 5.91 Å². The van der Waals surface area contributed by atoms with Crippen molar-refractivity contribution in [1.82, 2.24) is 10.3 Å². The summed E-state index contributed by atoms with van der Waals surface area (Å²) in [6.45, 7) is 8.06. The second-order valence-electron chi connectivity index (χ2n) is 6.13. The number of aryl methyl sites for hydroxylation is 1. The first-order chi connectivity index (χ1) is 10.9. The van der Waals surface area contributed by atoms with Crippen molar-refractivity contribution in [1.29, 1.82) is 0 Å². The molecule has 5 heteroatoms. The van der Waals surface area contributed by atoms with E-state index in [0.29, 0.717) is 18.7 Å². The Morgan fingerprint density at radius 2 is 2.04 bits per heavy atom. The minimum absolute atomic E-state index is 0.273. The van der Waals surface area contributed by atoms with E-state index < -0.39 is 6.04 Å². The van der Waals surface area contributed by atoms with Gasteiger partial charge in [0.05, 0.1) is 6.61 Å². The molecule has 1 amide bonds. The third-order valence-corrected chi connectivity index (χ3v) is 3.71. The summed E-state index contributed by atoms with van der Waals surface area (Å²) in [6.07, 6.45) is 0.545. The standard InChI is InChI=1S/C18H24N2O3/c1-5-23-18(22)16(9-11(2)3)20-17(21)15-10-13-12(4)7-6-8-14(13)19-15/h6-8,10-11,16,19H,5,9H2,1-4H3,(H,20,21)/t16-/m0/s1. The summed E-state index contributed by atoms with van der Waals surface area (Å²) in [6, 6.07) is 7.05. The van der Waals surface area contributed by atoms with Crippen molar-refractivity contribution in [2.24, 2.45) is 5.92 Å². The summed E-state index contributed by atoms with van der Waals surface area (Å²) in [5, 5.41) is 3.79. The molecule has 0 radical (unpaired) electrons. The number of aromatic nitrogens is 1. The number of carbonyl (C=O) groups is 2. The number of benzene rings is 1. The fourth-order valence-electron chi connectivity index (χ4n) is 2.59. The lowest BCUT2D eigenvalue weighted by Gasteiger charge is -2.18. The Morgan fingerprint density at radius 1 is 1.30 bits per heavy atom. The van der Waals surface area contributed by atoms with E-state index in [9.17, 15) is 9.59 Å². The fraction of sp³-hybridized carbons (Fsp3) is 0.444. The van der Waals surface area contributed by atoms with Crippen molar-refractivity contribution >= 4 is 22.8 Å². The van der Waals surface area contributed by atoms with E-state index in [4.69, 9.17) is 4.74 Å². The van der Waals surface area contributed by atoms with Gasteiger partial charge in [0.1, 0.15) is 11.7 Å². The van der Waals surface area contributed by atoms with Gasteiger partial charge in [0.2, 0.25) is 0 Å². The lowest BCUT2D eigenvalue weighted by molar-refractivity contribution is -0.145. The molecule has 23 heavy (non-hydrogen) atoms. The molecule has 0 saturated carbocycles. The van der Waals surface area contributed by atoms with Crippen molar-refractivity contribution in [3.05, 3.63) is 35.5 Å². The number of hydrogen-bond donors (Lipinski definition) is 2. The van der Waals surface area contributed by atoms with Crippen molar-refractivity contribution in [3.63, 3.8) is 0 Å². The zero-order chi connectivity index (χ0) is 17.0. The number of fused-ring (bicyclic) bond motifs is 1. The lowest BCUT2D eigenvalue weighted by Crippen LogP contribution is -2.42. The van der Waals surface area contributed by atoms with E-state index in [1.165, 1.54) is 0 Å². The summed E-state index contributed by atoms with van der Waals surface area (Å²) in [4.78, 5) is 27.6. The number of hydrogen-bond acceptors (Lipinski definition) is 3. The number of aromatic amines is 1. The Bertz CT molecular complexity index is 703. The summed E-state index contributed by atoms with van der Waals surface area (Å²) < 4.78 is 5.06. The highest BCUT2D eigenvalue weighted by Crippen LogP contribution is 2.19. The van der Waals surface area contributed by atoms with Crippen LogP contribution >= 0.6 is 0 Å². The van der Waals surface area contributed by atoms with Crippen LogP contribution in [0.3, 0.4) is 0 Å². The minimum Gasteiger partial charge on any atom is -0.464 e. The third kappa shape index (κ3) is 4.12. The molecule has 1 aromatic heterocycles. The number of amides is 1. The Kier molecular flexibility index (Phi) is 5.42. The molecule has 0 fully saturated rings. The van der Waals surface area contributed by atoms with Gasteiger partial charge in [-0.25, -0.2) is 4.79 Å². The maximum Gasteiger partial charge on any atom is 0.328 e. The molecular weight excluding hydrogens is 292 g/mol. The van der Waals surface area contributed by atoms with Crippen LogP contribution in [0, 0.1) is 12.8 Å². The normalized spacial score (nSPS) is 12.4. The maximum absolute atomic E-state index is 12.5. The molecule has 0 aliphatic carbocycles. The summed E-state index contributed by atoms with van der Waals surface area (Å²) >= 11 is 0. The topological polar surface area (TPSA) is 71.2 Å². The largest absolute Gasteiger partial charge is 0.464 e. The van der Waals surface area contributed by atoms with Gasteiger partial charge in [-0.2, -0.15) is 0 Å². The van der Waals surface area contributed by atoms with Crippen LogP contribution in [0.5, 0.6) is 0 Å². The number of ether oxygens (including phenoxy) is 1. The Labute approximate surface area is 136 Å². The zero-order valence-electron chi connectivity index (χ0n) is 14.1. The van der Waals surface area contributed by atoms with Crippen LogP contribution in [0.1, 0.15) is 43.2 Å². The molecule has 1 aromatic carbocycles. The summed E-state index contributed by atoms with van der Waals surface area (Å²) in [7, 11) is 0. The summed E-state index contributed by atoms with van der Waals surface area (Å²) in [5.41, 5.74) is 2.46. The number of nitrogens with one attached hydrogen (secondary N) is 2. The van der Waals surface area contributed by atoms with Gasteiger partial charge in [-0.05, 0) is 43.9 Å². The highest BCUT2D eigenvalue weighted by molar-refractivity contribution is 6.00. The van der Waals surface area contributed by atoms with Crippen LogP contribution in [-0.2, 0) is 9.53 Å². The number of carbonyl (C=O) groups excluding carboxylic acids is 2. The molecule has 1 atom stereocenters. The minimum atomic E-state index is -0.630. The van der Waals surface area contributed by atoms with Gasteiger partial charge < -0.3 is 15.0 Å². The molecular formula is C18H24N2O3. The van der Waals surface area contributed by atoms with Crippen LogP contribution < -0.4 is 5.32 Å². The highest BCUT2D eigenvalue weighted by Gasteiger charge is 2.24. The third-order valence-electron chi connectivity index (χ3n) is 3.71. The Morgan fingerprint density at radius 3 is 2.65 bits per heavy atom. The predicted molar refractivity (Wildman–Crippen MR) is 90.4 cm³/mol. The average molecular weight is 316 g/mol. The zero-order valence-corrected chi connectivity index (χ0v) is 14.1. The maximum atomic E-state index is 12.5. The quantitative estimate of drug-likeness (QED) is 0.804. The summed E-state index contributed by atoms with van der Waals surface area (Å²) in [5.74, 6) is -0.407. The van der Waals surface area contributed by atoms with Crippen molar-refractivity contribution in [3.8, 4) is 0 Å². The number of rotatable bonds is 6. The van der Waals surface area contributed by atoms with E-state index in [0.717, 1.165) is 16.5 Å². The lowest BCUT2D eigenvalue weighted by atomic mass is 10.0. The molecule has 0 unspecified atom stereocenters. The molecule has 2 aromatic rings. The van der Waals surface area contributed by atoms with Gasteiger partial charge in [-0.15, -0.1) is 0 Å². The number of H-pyrrole nitrogens is 1. The average Bonchev–Trinajstić information content (AvgIpc) is 2.92. The van der Waals surface area contributed by atoms with Gasteiger partial charge in [-0.3, -0.25) is 4.79 Å². The van der Waals surface area contributed by atoms with Crippen LogP contribution in [0.25, 0.3) is 10.9 Å². The SMILES string of the molecule is CCOC(=O)[C@H](CC(C)C)NC(=O)c1cc2c(C)cccc2[nH]1. The fourth-order valence-corrected chi connectivity index (χ4v) is 2.59. The molecule has 0 aliphatic rings. The molecule has 5 nitrogen and oxygen atoms in total. The molecule has 2 rings (SSSR count). The molecule has 0 bridgehead atoms. The van der Waals surface area contributed by atoms with Gasteiger partial charge in [0, 0.05) is 10.9 Å². The molecule has 0 saturated heterocycles. The van der Waals surface area contributed by atoms with E-state index >= 15 is 0 Å². The van der Waals surface area contributed by atoms with Crippen LogP contribution in [0.2, 0.25) is 0 Å². The smallest absolute Gasteiger partial charge is 0.328 e. The van der Waals surface area contributed by atoms with E-state index in [2.05, 4.69) is 10.3 Å². The first-order valence-electron chi connectivity index (χ1n) is 7.98. The van der Waals surface area contributed by atoms with Gasteiger partial charge in [0.15, 0.2) is 0 Å². The monoisotopic (exact) mass is 316 g/mol. The molecule has 0 aliphatic heterocycles. The van der Waals surface area contributed by atoms with Crippen LogP contribution in [0.4, 0.5) is 0 Å². The first-order valence-corrected chi connectivity index (χ1v) is 7.98. The van der Waals surface area contributed by atoms with Gasteiger partial charge in [-0.1, -0.05) is 26.0 Å². The molecule has 1 heterocycles. The van der Waals surface area contributed by atoms with Crippen LogP contribution in [0.15, 0.2) is 24.3 Å². The van der Waals surface area contributed by atoms with Gasteiger partial charge >= 0.3 is 5.97 Å². The number of esters is 1. The Balaban J connectivity index is 2.19. The molecule has 124 valence electrons. The second kappa shape index (κ2) is 7.31.